The molecule has 1 aliphatic rings. The lowest BCUT2D eigenvalue weighted by molar-refractivity contribution is 0.102. The second-order valence-electron chi connectivity index (χ2n) is 8.28. The first-order valence-corrected chi connectivity index (χ1v) is 12.0. The maximum Gasteiger partial charge on any atom is 0.255 e. The number of aromatic nitrogens is 1. The Kier molecular flexibility index (Phi) is 5.85. The van der Waals surface area contributed by atoms with E-state index in [1.165, 1.54) is 10.4 Å². The van der Waals surface area contributed by atoms with Crippen LogP contribution in [0.15, 0.2) is 45.7 Å². The molecule has 2 aromatic carbocycles. The number of hydrogen-bond donors (Lipinski definition) is 1. The van der Waals surface area contributed by atoms with Gasteiger partial charge in [-0.3, -0.25) is 4.79 Å². The molecule has 1 saturated heterocycles. The summed E-state index contributed by atoms with van der Waals surface area (Å²) in [4.78, 5) is 17.6. The van der Waals surface area contributed by atoms with Crippen LogP contribution in [0.5, 0.6) is 0 Å². The van der Waals surface area contributed by atoms with Crippen molar-refractivity contribution < 1.29 is 17.6 Å². The molecular formula is C23H27N3O4S. The van der Waals surface area contributed by atoms with E-state index in [4.69, 9.17) is 4.42 Å². The van der Waals surface area contributed by atoms with Gasteiger partial charge in [0, 0.05) is 30.3 Å². The van der Waals surface area contributed by atoms with Gasteiger partial charge in [0.15, 0.2) is 11.5 Å². The highest BCUT2D eigenvalue weighted by molar-refractivity contribution is 7.89. The summed E-state index contributed by atoms with van der Waals surface area (Å²) in [6.07, 6.45) is 2.77. The molecule has 0 spiro atoms. The molecule has 7 nitrogen and oxygen atoms in total. The van der Waals surface area contributed by atoms with Gasteiger partial charge in [0.05, 0.1) is 4.90 Å². The Bertz CT molecular complexity index is 1220. The Hall–Kier alpha value is -2.71. The summed E-state index contributed by atoms with van der Waals surface area (Å²) in [5.74, 6) is 0.447. The Balaban J connectivity index is 1.60. The Morgan fingerprint density at radius 2 is 1.84 bits per heavy atom. The summed E-state index contributed by atoms with van der Waals surface area (Å²) in [5.41, 5.74) is 2.94. The van der Waals surface area contributed by atoms with Gasteiger partial charge >= 0.3 is 0 Å². The van der Waals surface area contributed by atoms with Crippen LogP contribution in [0.3, 0.4) is 0 Å². The summed E-state index contributed by atoms with van der Waals surface area (Å²) in [7, 11) is -3.61. The van der Waals surface area contributed by atoms with Crippen LogP contribution in [-0.2, 0) is 10.0 Å². The minimum atomic E-state index is -3.61. The van der Waals surface area contributed by atoms with Gasteiger partial charge in [-0.25, -0.2) is 13.4 Å². The topological polar surface area (TPSA) is 92.5 Å². The van der Waals surface area contributed by atoms with E-state index >= 15 is 0 Å². The van der Waals surface area contributed by atoms with E-state index in [1.807, 2.05) is 13.8 Å². The minimum absolute atomic E-state index is 0.152. The molecule has 31 heavy (non-hydrogen) atoms. The van der Waals surface area contributed by atoms with Crippen molar-refractivity contribution in [1.82, 2.24) is 9.29 Å². The van der Waals surface area contributed by atoms with Crippen LogP contribution >= 0.6 is 0 Å². The summed E-state index contributed by atoms with van der Waals surface area (Å²) < 4.78 is 33.2. The van der Waals surface area contributed by atoms with Crippen LogP contribution < -0.4 is 5.32 Å². The van der Waals surface area contributed by atoms with E-state index in [0.717, 1.165) is 19.3 Å². The van der Waals surface area contributed by atoms with Crippen molar-refractivity contribution in [2.75, 3.05) is 18.4 Å². The Morgan fingerprint density at radius 1 is 1.10 bits per heavy atom. The first-order valence-electron chi connectivity index (χ1n) is 10.6. The quantitative estimate of drug-likeness (QED) is 0.620. The molecular weight excluding hydrogens is 414 g/mol. The van der Waals surface area contributed by atoms with Crippen LogP contribution in [0, 0.1) is 6.92 Å². The van der Waals surface area contributed by atoms with Crippen molar-refractivity contribution in [3.05, 3.63) is 53.4 Å². The molecule has 1 aromatic heterocycles. The number of nitrogens with one attached hydrogen (secondary N) is 1. The minimum Gasteiger partial charge on any atom is -0.440 e. The number of anilines is 1. The molecule has 1 aliphatic heterocycles. The highest BCUT2D eigenvalue weighted by atomic mass is 32.2. The van der Waals surface area contributed by atoms with Gasteiger partial charge in [0.25, 0.3) is 5.91 Å². The summed E-state index contributed by atoms with van der Waals surface area (Å²) in [6.45, 7) is 6.84. The number of nitrogens with zero attached hydrogens (tertiary/aromatic N) is 2. The zero-order valence-electron chi connectivity index (χ0n) is 18.0. The monoisotopic (exact) mass is 441 g/mol. The number of fused-ring (bicyclic) bond motifs is 1. The lowest BCUT2D eigenvalue weighted by atomic mass is 10.1. The third-order valence-electron chi connectivity index (χ3n) is 5.56. The molecule has 164 valence electrons. The Labute approximate surface area is 182 Å². The van der Waals surface area contributed by atoms with Gasteiger partial charge in [0.1, 0.15) is 5.52 Å². The average Bonchev–Trinajstić information content (AvgIpc) is 3.18. The molecule has 1 amide bonds. The zero-order valence-corrected chi connectivity index (χ0v) is 18.8. The number of piperidine rings is 1. The SMILES string of the molecule is Cc1ccc(S(=O)(=O)N2CCCCC2)cc1C(=O)Nc1ccc2oc(C(C)C)nc2c1. The number of benzene rings is 2. The summed E-state index contributed by atoms with van der Waals surface area (Å²) in [5, 5.41) is 2.86. The smallest absolute Gasteiger partial charge is 0.255 e. The molecule has 0 radical (unpaired) electrons. The van der Waals surface area contributed by atoms with E-state index in [2.05, 4.69) is 10.3 Å². The molecule has 8 heteroatoms. The van der Waals surface area contributed by atoms with Crippen molar-refractivity contribution >= 4 is 32.7 Å². The number of rotatable bonds is 5. The normalized spacial score (nSPS) is 15.5. The predicted molar refractivity (Wildman–Crippen MR) is 120 cm³/mol. The highest BCUT2D eigenvalue weighted by Crippen LogP contribution is 2.26. The maximum atomic E-state index is 13.0. The number of oxazole rings is 1. The van der Waals surface area contributed by atoms with Gasteiger partial charge < -0.3 is 9.73 Å². The maximum absolute atomic E-state index is 13.0. The van der Waals surface area contributed by atoms with E-state index < -0.39 is 10.0 Å². The third-order valence-corrected chi connectivity index (χ3v) is 7.46. The number of sulfonamides is 1. The number of hydrogen-bond acceptors (Lipinski definition) is 5. The highest BCUT2D eigenvalue weighted by Gasteiger charge is 2.27. The number of amides is 1. The van der Waals surface area contributed by atoms with Crippen LogP contribution in [0.2, 0.25) is 0 Å². The van der Waals surface area contributed by atoms with Gasteiger partial charge in [-0.05, 0) is 55.7 Å². The van der Waals surface area contributed by atoms with Crippen molar-refractivity contribution in [2.45, 2.75) is 50.8 Å². The largest absolute Gasteiger partial charge is 0.440 e. The van der Waals surface area contributed by atoms with Crippen molar-refractivity contribution in [3.8, 4) is 0 Å². The van der Waals surface area contributed by atoms with Crippen LogP contribution in [0.4, 0.5) is 5.69 Å². The standard InChI is InChI=1S/C23H27N3O4S/c1-15(2)23-25-20-13-17(8-10-21(20)30-23)24-22(27)19-14-18(9-7-16(19)3)31(28,29)26-11-5-4-6-12-26/h7-10,13-15H,4-6,11-12H2,1-3H3,(H,24,27). The van der Waals surface area contributed by atoms with Crippen molar-refractivity contribution in [2.24, 2.45) is 0 Å². The van der Waals surface area contributed by atoms with Gasteiger partial charge in [-0.1, -0.05) is 26.3 Å². The fourth-order valence-electron chi connectivity index (χ4n) is 3.73. The van der Waals surface area contributed by atoms with Crippen LogP contribution in [0.1, 0.15) is 60.8 Å². The summed E-state index contributed by atoms with van der Waals surface area (Å²) >= 11 is 0. The molecule has 0 unspecified atom stereocenters. The fraction of sp³-hybridized carbons (Fsp3) is 0.391. The lowest BCUT2D eigenvalue weighted by Gasteiger charge is -2.26. The zero-order chi connectivity index (χ0) is 22.2. The summed E-state index contributed by atoms with van der Waals surface area (Å²) in [6, 6.07) is 10.0. The van der Waals surface area contributed by atoms with E-state index in [0.29, 0.717) is 46.9 Å². The van der Waals surface area contributed by atoms with E-state index in [9.17, 15) is 13.2 Å². The number of carbonyl (C=O) groups is 1. The predicted octanol–water partition coefficient (Wildman–Crippen LogP) is 4.69. The molecule has 3 aromatic rings. The second kappa shape index (κ2) is 8.43. The average molecular weight is 442 g/mol. The Morgan fingerprint density at radius 3 is 2.55 bits per heavy atom. The molecule has 1 fully saturated rings. The molecule has 0 aliphatic carbocycles. The van der Waals surface area contributed by atoms with Crippen molar-refractivity contribution in [3.63, 3.8) is 0 Å². The third kappa shape index (κ3) is 4.36. The molecule has 0 bridgehead atoms. The number of carbonyl (C=O) groups excluding carboxylic acids is 1. The molecule has 0 saturated carbocycles. The molecule has 4 rings (SSSR count). The van der Waals surface area contributed by atoms with E-state index in [1.54, 1.807) is 37.3 Å². The fourth-order valence-corrected chi connectivity index (χ4v) is 5.27. The number of aryl methyl sites for hydroxylation is 1. The van der Waals surface area contributed by atoms with Gasteiger partial charge in [0.2, 0.25) is 10.0 Å². The van der Waals surface area contributed by atoms with Gasteiger partial charge in [-0.2, -0.15) is 4.31 Å². The first-order chi connectivity index (χ1) is 14.8. The van der Waals surface area contributed by atoms with Gasteiger partial charge in [-0.15, -0.1) is 0 Å². The molecule has 0 atom stereocenters. The van der Waals surface area contributed by atoms with E-state index in [-0.39, 0.29) is 16.7 Å². The molecule has 1 N–H and O–H groups in total. The molecule has 2 heterocycles. The van der Waals surface area contributed by atoms with Crippen LogP contribution in [-0.4, -0.2) is 36.7 Å². The van der Waals surface area contributed by atoms with Crippen molar-refractivity contribution in [1.29, 1.82) is 0 Å². The van der Waals surface area contributed by atoms with Crippen LogP contribution in [0.25, 0.3) is 11.1 Å². The first kappa shape index (κ1) is 21.5. The second-order valence-corrected chi connectivity index (χ2v) is 10.2. The lowest BCUT2D eigenvalue weighted by Crippen LogP contribution is -2.35.